The molecule has 4 aromatic rings. The molecule has 2 N–H and O–H groups in total. The minimum atomic E-state index is -2.52. The van der Waals surface area contributed by atoms with Gasteiger partial charge in [0.2, 0.25) is 5.92 Å². The van der Waals surface area contributed by atoms with E-state index in [1.54, 1.807) is 6.07 Å². The summed E-state index contributed by atoms with van der Waals surface area (Å²) in [6, 6.07) is 17.7. The van der Waals surface area contributed by atoms with E-state index in [4.69, 9.17) is 25.8 Å². The first kappa shape index (κ1) is 24.0. The largest absolute Gasteiger partial charge is 0.456 e. The first-order valence-corrected chi connectivity index (χ1v) is 12.9. The van der Waals surface area contributed by atoms with Crippen LogP contribution in [-0.4, -0.2) is 63.6 Å². The van der Waals surface area contributed by atoms with Gasteiger partial charge in [-0.05, 0) is 28.7 Å². The predicted octanol–water partition coefficient (Wildman–Crippen LogP) is 5.36. The fourth-order valence-corrected chi connectivity index (χ4v) is 5.77. The predicted molar refractivity (Wildman–Crippen MR) is 137 cm³/mol. The van der Waals surface area contributed by atoms with Gasteiger partial charge >= 0.3 is 0 Å². The van der Waals surface area contributed by atoms with Crippen LogP contribution in [0.3, 0.4) is 0 Å². The number of nitrogens with zero attached hydrogens (tertiary/aromatic N) is 2. The van der Waals surface area contributed by atoms with Gasteiger partial charge in [-0.15, -0.1) is 0 Å². The third-order valence-electron chi connectivity index (χ3n) is 7.61. The maximum atomic E-state index is 13.2. The highest BCUT2D eigenvalue weighted by molar-refractivity contribution is 6.33. The monoisotopic (exact) mass is 539 g/mol. The molecule has 2 aromatic heterocycles. The van der Waals surface area contributed by atoms with E-state index in [1.165, 1.54) is 0 Å². The number of aromatic nitrogens is 3. The van der Waals surface area contributed by atoms with Gasteiger partial charge in [-0.1, -0.05) is 60.1 Å². The van der Waals surface area contributed by atoms with E-state index in [2.05, 4.69) is 15.0 Å². The number of ether oxygens (including phenoxy) is 3. The molecule has 3 aliphatic rings. The average Bonchev–Trinajstić information content (AvgIpc) is 3.59. The highest BCUT2D eigenvalue weighted by Gasteiger charge is 2.49. The number of aromatic amines is 1. The van der Waals surface area contributed by atoms with Gasteiger partial charge in [-0.3, -0.25) is 0 Å². The molecule has 196 valence electrons. The van der Waals surface area contributed by atoms with Crippen LogP contribution in [0, 0.1) is 0 Å². The second-order valence-corrected chi connectivity index (χ2v) is 10.6. The number of pyridine rings is 1. The van der Waals surface area contributed by atoms with Crippen molar-refractivity contribution in [3.8, 4) is 28.4 Å². The third kappa shape index (κ3) is 4.23. The van der Waals surface area contributed by atoms with Gasteiger partial charge in [0.1, 0.15) is 18.3 Å². The lowest BCUT2D eigenvalue weighted by Crippen LogP contribution is -2.34. The molecule has 4 atom stereocenters. The number of fused-ring (bicyclic) bond motifs is 2. The number of hydrogen-bond acceptors (Lipinski definition) is 6. The number of aliphatic hydroxyl groups excluding tert-OH is 1. The van der Waals surface area contributed by atoms with E-state index in [0.717, 1.165) is 22.3 Å². The molecule has 2 aromatic carbocycles. The molecule has 0 bridgehead atoms. The van der Waals surface area contributed by atoms with Crippen LogP contribution in [-0.2, 0) is 9.47 Å². The number of aliphatic hydroxyl groups is 1. The van der Waals surface area contributed by atoms with E-state index < -0.39 is 12.0 Å². The standard InChI is InChI=1S/C28H24ClF2N3O4/c29-19-9-20-26(34-27(32-20)38-22-13-37-24-21(35)12-36-25(22)24)33-23(19)17-7-5-15(6-8-17)14-1-3-16(4-2-14)18-10-28(30,31)11-18/h1-9,18,21-22,24-25,35H,10-13H2,(H,32,33,34)/t21?,22-,24-,25-/m1/s1. The molecule has 1 aliphatic carbocycles. The Morgan fingerprint density at radius 3 is 2.29 bits per heavy atom. The lowest BCUT2D eigenvalue weighted by molar-refractivity contribution is -0.0867. The number of rotatable bonds is 5. The molecular formula is C28H24ClF2N3O4. The van der Waals surface area contributed by atoms with Crippen LogP contribution in [0.15, 0.2) is 54.6 Å². The van der Waals surface area contributed by atoms with Gasteiger partial charge < -0.3 is 24.3 Å². The zero-order valence-electron chi connectivity index (χ0n) is 20.1. The smallest absolute Gasteiger partial charge is 0.296 e. The first-order valence-electron chi connectivity index (χ1n) is 12.6. The van der Waals surface area contributed by atoms with Gasteiger partial charge in [0.05, 0.1) is 29.4 Å². The van der Waals surface area contributed by atoms with E-state index in [1.807, 2.05) is 48.5 Å². The van der Waals surface area contributed by atoms with E-state index in [9.17, 15) is 13.9 Å². The van der Waals surface area contributed by atoms with Crippen molar-refractivity contribution in [2.75, 3.05) is 13.2 Å². The van der Waals surface area contributed by atoms with Crippen molar-refractivity contribution in [2.45, 2.75) is 49.1 Å². The summed E-state index contributed by atoms with van der Waals surface area (Å²) in [7, 11) is 0. The number of imidazole rings is 1. The second kappa shape index (κ2) is 8.98. The fourth-order valence-electron chi connectivity index (χ4n) is 5.51. The van der Waals surface area contributed by atoms with Crippen molar-refractivity contribution < 1.29 is 28.1 Å². The molecule has 2 saturated heterocycles. The molecule has 38 heavy (non-hydrogen) atoms. The van der Waals surface area contributed by atoms with Gasteiger partial charge in [-0.25, -0.2) is 13.8 Å². The molecule has 1 saturated carbocycles. The number of nitrogens with one attached hydrogen (secondary N) is 1. The minimum Gasteiger partial charge on any atom is -0.456 e. The number of halogens is 3. The van der Waals surface area contributed by atoms with Crippen LogP contribution in [0.2, 0.25) is 5.02 Å². The van der Waals surface area contributed by atoms with Crippen molar-refractivity contribution in [3.63, 3.8) is 0 Å². The third-order valence-corrected chi connectivity index (χ3v) is 7.90. The summed E-state index contributed by atoms with van der Waals surface area (Å²) in [5.41, 5.74) is 5.49. The number of alkyl halides is 2. The number of hydrogen-bond donors (Lipinski definition) is 2. The molecular weight excluding hydrogens is 516 g/mol. The Balaban J connectivity index is 1.08. The zero-order chi connectivity index (χ0) is 26.0. The summed E-state index contributed by atoms with van der Waals surface area (Å²) in [6.45, 7) is 0.524. The van der Waals surface area contributed by atoms with Crippen molar-refractivity contribution in [1.82, 2.24) is 15.0 Å². The van der Waals surface area contributed by atoms with Gasteiger partial charge in [0, 0.05) is 18.4 Å². The van der Waals surface area contributed by atoms with E-state index >= 15 is 0 Å². The molecule has 7 nitrogen and oxygen atoms in total. The molecule has 4 heterocycles. The van der Waals surface area contributed by atoms with Crippen LogP contribution >= 0.6 is 11.6 Å². The Morgan fingerprint density at radius 1 is 0.921 bits per heavy atom. The maximum absolute atomic E-state index is 13.2. The summed E-state index contributed by atoms with van der Waals surface area (Å²) in [5.74, 6) is -2.59. The average molecular weight is 540 g/mol. The van der Waals surface area contributed by atoms with Crippen molar-refractivity contribution in [2.24, 2.45) is 0 Å². The van der Waals surface area contributed by atoms with Crippen LogP contribution in [0.5, 0.6) is 6.01 Å². The van der Waals surface area contributed by atoms with Crippen LogP contribution < -0.4 is 4.74 Å². The van der Waals surface area contributed by atoms with Gasteiger partial charge in [0.25, 0.3) is 6.01 Å². The van der Waals surface area contributed by atoms with Crippen molar-refractivity contribution >= 4 is 22.8 Å². The Morgan fingerprint density at radius 2 is 1.58 bits per heavy atom. The minimum absolute atomic E-state index is 0.0649. The summed E-state index contributed by atoms with van der Waals surface area (Å²) in [5, 5.41) is 10.4. The summed E-state index contributed by atoms with van der Waals surface area (Å²) in [6.07, 6.45) is -1.91. The molecule has 1 unspecified atom stereocenters. The SMILES string of the molecule is OC1CO[C@H]2[C@@H]1OC[C@H]2Oc1nc2nc(-c3ccc(-c4ccc(C5CC(F)(F)C5)cc4)cc3)c(Cl)cc2[nH]1. The van der Waals surface area contributed by atoms with Crippen LogP contribution in [0.4, 0.5) is 8.78 Å². The van der Waals surface area contributed by atoms with Gasteiger partial charge in [0.15, 0.2) is 11.8 Å². The number of H-pyrrole nitrogens is 1. The normalized spacial score (nSPS) is 26.4. The zero-order valence-corrected chi connectivity index (χ0v) is 20.9. The molecule has 0 radical (unpaired) electrons. The van der Waals surface area contributed by atoms with E-state index in [0.29, 0.717) is 28.5 Å². The molecule has 3 fully saturated rings. The summed E-state index contributed by atoms with van der Waals surface area (Å²) >= 11 is 6.58. The second-order valence-electron chi connectivity index (χ2n) is 10.2. The van der Waals surface area contributed by atoms with Crippen molar-refractivity contribution in [1.29, 1.82) is 0 Å². The quantitative estimate of drug-likeness (QED) is 0.355. The lowest BCUT2D eigenvalue weighted by atomic mass is 9.76. The van der Waals surface area contributed by atoms with Crippen LogP contribution in [0.1, 0.15) is 24.3 Å². The maximum Gasteiger partial charge on any atom is 0.296 e. The molecule has 10 heteroatoms. The molecule has 2 aliphatic heterocycles. The Bertz CT molecular complexity index is 1490. The highest BCUT2D eigenvalue weighted by Crippen LogP contribution is 2.48. The Kier molecular flexibility index (Phi) is 5.66. The highest BCUT2D eigenvalue weighted by atomic mass is 35.5. The number of benzene rings is 2. The van der Waals surface area contributed by atoms with Gasteiger partial charge in [-0.2, -0.15) is 4.98 Å². The summed E-state index contributed by atoms with van der Waals surface area (Å²) < 4.78 is 43.6. The lowest BCUT2D eigenvalue weighted by Gasteiger charge is -2.35. The Hall–Kier alpha value is -3.11. The van der Waals surface area contributed by atoms with E-state index in [-0.39, 0.29) is 49.7 Å². The molecule has 0 spiro atoms. The molecule has 7 rings (SSSR count). The fraction of sp³-hybridized carbons (Fsp3) is 0.357. The van der Waals surface area contributed by atoms with Crippen molar-refractivity contribution in [3.05, 3.63) is 65.2 Å². The first-order chi connectivity index (χ1) is 18.3. The van der Waals surface area contributed by atoms with Crippen LogP contribution in [0.25, 0.3) is 33.5 Å². The summed E-state index contributed by atoms with van der Waals surface area (Å²) in [4.78, 5) is 12.2. The topological polar surface area (TPSA) is 89.5 Å². The molecule has 0 amide bonds. The Labute approximate surface area is 221 Å².